The molecular formula is C22H38N4O3. The number of likely N-dealkylation sites (tertiary alicyclic amines) is 1. The lowest BCUT2D eigenvalue weighted by Gasteiger charge is -2.33. The standard InChI is InChI=1S/C22H38N4O3/c1-6-23-22(24-13-9-15-26-14-8-7-10-17(26)2)25-16-18-11-12-19(27-3)21(29-5)20(18)28-4/h11-12,17H,6-10,13-16H2,1-5H3,(H2,23,24,25). The summed E-state index contributed by atoms with van der Waals surface area (Å²) < 4.78 is 16.4. The van der Waals surface area contributed by atoms with Crippen molar-refractivity contribution in [2.24, 2.45) is 4.99 Å². The van der Waals surface area contributed by atoms with Crippen molar-refractivity contribution in [2.45, 2.75) is 52.1 Å². The number of aliphatic imine (C=N–C) groups is 1. The molecule has 1 saturated heterocycles. The van der Waals surface area contributed by atoms with Gasteiger partial charge in [0.15, 0.2) is 17.5 Å². The normalized spacial score (nSPS) is 17.7. The third-order valence-corrected chi connectivity index (χ3v) is 5.39. The van der Waals surface area contributed by atoms with Gasteiger partial charge in [0.1, 0.15) is 0 Å². The fourth-order valence-electron chi connectivity index (χ4n) is 3.77. The Morgan fingerprint density at radius 1 is 1.10 bits per heavy atom. The molecular weight excluding hydrogens is 368 g/mol. The Kier molecular flexibility index (Phi) is 9.91. The molecule has 1 unspecified atom stereocenters. The van der Waals surface area contributed by atoms with E-state index in [0.29, 0.717) is 29.8 Å². The highest BCUT2D eigenvalue weighted by Crippen LogP contribution is 2.39. The molecule has 1 fully saturated rings. The van der Waals surface area contributed by atoms with Crippen LogP contribution in [0.3, 0.4) is 0 Å². The second-order valence-corrected chi connectivity index (χ2v) is 7.35. The number of methoxy groups -OCH3 is 3. The van der Waals surface area contributed by atoms with E-state index in [1.807, 2.05) is 12.1 Å². The summed E-state index contributed by atoms with van der Waals surface area (Å²) in [4.78, 5) is 7.33. The predicted octanol–water partition coefficient (Wildman–Crippen LogP) is 3.03. The maximum Gasteiger partial charge on any atom is 0.203 e. The summed E-state index contributed by atoms with van der Waals surface area (Å²) in [6.45, 7) is 8.99. The Labute approximate surface area is 175 Å². The molecule has 0 bridgehead atoms. The van der Waals surface area contributed by atoms with E-state index in [0.717, 1.165) is 37.6 Å². The number of hydrogen-bond donors (Lipinski definition) is 2. The van der Waals surface area contributed by atoms with Gasteiger partial charge < -0.3 is 29.7 Å². The number of rotatable bonds is 10. The molecule has 2 rings (SSSR count). The Morgan fingerprint density at radius 2 is 1.90 bits per heavy atom. The zero-order valence-electron chi connectivity index (χ0n) is 18.7. The lowest BCUT2D eigenvalue weighted by Crippen LogP contribution is -2.41. The van der Waals surface area contributed by atoms with Crippen molar-refractivity contribution in [1.82, 2.24) is 15.5 Å². The van der Waals surface area contributed by atoms with Gasteiger partial charge in [-0.15, -0.1) is 0 Å². The lowest BCUT2D eigenvalue weighted by molar-refractivity contribution is 0.159. The van der Waals surface area contributed by atoms with Crippen LogP contribution >= 0.6 is 0 Å². The highest BCUT2D eigenvalue weighted by atomic mass is 16.5. The van der Waals surface area contributed by atoms with Crippen molar-refractivity contribution in [2.75, 3.05) is 47.5 Å². The van der Waals surface area contributed by atoms with E-state index in [2.05, 4.69) is 29.4 Å². The minimum absolute atomic E-state index is 0.488. The molecule has 0 spiro atoms. The van der Waals surface area contributed by atoms with Crippen molar-refractivity contribution >= 4 is 5.96 Å². The van der Waals surface area contributed by atoms with Gasteiger partial charge in [0.25, 0.3) is 0 Å². The Bertz CT molecular complexity index is 651. The summed E-state index contributed by atoms with van der Waals surface area (Å²) >= 11 is 0. The predicted molar refractivity (Wildman–Crippen MR) is 118 cm³/mol. The van der Waals surface area contributed by atoms with Gasteiger partial charge >= 0.3 is 0 Å². The fourth-order valence-corrected chi connectivity index (χ4v) is 3.77. The first-order valence-corrected chi connectivity index (χ1v) is 10.7. The molecule has 0 radical (unpaired) electrons. The monoisotopic (exact) mass is 406 g/mol. The first-order valence-electron chi connectivity index (χ1n) is 10.7. The van der Waals surface area contributed by atoms with E-state index in [1.54, 1.807) is 21.3 Å². The molecule has 1 heterocycles. The zero-order chi connectivity index (χ0) is 21.1. The van der Waals surface area contributed by atoms with Crippen molar-refractivity contribution in [1.29, 1.82) is 0 Å². The highest BCUT2D eigenvalue weighted by Gasteiger charge is 2.17. The van der Waals surface area contributed by atoms with Gasteiger partial charge in [0.05, 0.1) is 27.9 Å². The van der Waals surface area contributed by atoms with Crippen LogP contribution in [0.5, 0.6) is 17.2 Å². The van der Waals surface area contributed by atoms with Gasteiger partial charge in [-0.1, -0.05) is 6.42 Å². The average molecular weight is 407 g/mol. The molecule has 0 amide bonds. The second kappa shape index (κ2) is 12.4. The molecule has 2 N–H and O–H groups in total. The van der Waals surface area contributed by atoms with Crippen molar-refractivity contribution in [3.05, 3.63) is 17.7 Å². The molecule has 1 aromatic rings. The molecule has 164 valence electrons. The van der Waals surface area contributed by atoms with Gasteiger partial charge in [-0.3, -0.25) is 0 Å². The summed E-state index contributed by atoms with van der Waals surface area (Å²) in [6.07, 6.45) is 5.13. The molecule has 0 aromatic heterocycles. The van der Waals surface area contributed by atoms with Crippen LogP contribution in [0.15, 0.2) is 17.1 Å². The smallest absolute Gasteiger partial charge is 0.203 e. The number of piperidine rings is 1. The van der Waals surface area contributed by atoms with Gasteiger partial charge in [-0.05, 0) is 51.8 Å². The summed E-state index contributed by atoms with van der Waals surface area (Å²) in [5.74, 6) is 2.71. The summed E-state index contributed by atoms with van der Waals surface area (Å²) in [7, 11) is 4.87. The molecule has 7 heteroatoms. The van der Waals surface area contributed by atoms with E-state index >= 15 is 0 Å². The topological polar surface area (TPSA) is 67.4 Å². The van der Waals surface area contributed by atoms with Gasteiger partial charge in [0, 0.05) is 31.2 Å². The quantitative estimate of drug-likeness (QED) is 0.354. The van der Waals surface area contributed by atoms with Crippen LogP contribution in [0.2, 0.25) is 0 Å². The Hall–Kier alpha value is -2.15. The first-order chi connectivity index (χ1) is 14.1. The zero-order valence-corrected chi connectivity index (χ0v) is 18.7. The van der Waals surface area contributed by atoms with Gasteiger partial charge in [0.2, 0.25) is 5.75 Å². The van der Waals surface area contributed by atoms with Crippen LogP contribution in [0.25, 0.3) is 0 Å². The molecule has 29 heavy (non-hydrogen) atoms. The molecule has 1 aromatic carbocycles. The van der Waals surface area contributed by atoms with E-state index in [-0.39, 0.29) is 0 Å². The van der Waals surface area contributed by atoms with E-state index in [1.165, 1.54) is 25.8 Å². The Balaban J connectivity index is 1.94. The summed E-state index contributed by atoms with van der Waals surface area (Å²) in [5, 5.41) is 6.77. The number of ether oxygens (including phenoxy) is 3. The van der Waals surface area contributed by atoms with Crippen LogP contribution in [0, 0.1) is 0 Å². The third kappa shape index (κ3) is 6.70. The maximum absolute atomic E-state index is 5.56. The molecule has 1 atom stereocenters. The number of nitrogens with zero attached hydrogens (tertiary/aromatic N) is 2. The molecule has 1 aliphatic heterocycles. The van der Waals surface area contributed by atoms with Crippen molar-refractivity contribution in [3.63, 3.8) is 0 Å². The van der Waals surface area contributed by atoms with E-state index in [9.17, 15) is 0 Å². The van der Waals surface area contributed by atoms with E-state index < -0.39 is 0 Å². The van der Waals surface area contributed by atoms with Gasteiger partial charge in [-0.25, -0.2) is 4.99 Å². The average Bonchev–Trinajstić information content (AvgIpc) is 2.75. The maximum atomic E-state index is 5.56. The number of benzene rings is 1. The summed E-state index contributed by atoms with van der Waals surface area (Å²) in [5.41, 5.74) is 0.949. The SMILES string of the molecule is CCNC(=NCc1ccc(OC)c(OC)c1OC)NCCCN1CCCCC1C. The number of hydrogen-bond acceptors (Lipinski definition) is 5. The largest absolute Gasteiger partial charge is 0.493 e. The highest BCUT2D eigenvalue weighted by molar-refractivity contribution is 5.79. The summed E-state index contributed by atoms with van der Waals surface area (Å²) in [6, 6.07) is 4.56. The van der Waals surface area contributed by atoms with Crippen LogP contribution in [0.1, 0.15) is 45.1 Å². The first kappa shape index (κ1) is 23.1. The lowest BCUT2D eigenvalue weighted by atomic mass is 10.0. The fraction of sp³-hybridized carbons (Fsp3) is 0.682. The minimum Gasteiger partial charge on any atom is -0.493 e. The molecule has 0 aliphatic carbocycles. The second-order valence-electron chi connectivity index (χ2n) is 7.35. The Morgan fingerprint density at radius 3 is 2.55 bits per heavy atom. The van der Waals surface area contributed by atoms with Crippen molar-refractivity contribution in [3.8, 4) is 17.2 Å². The van der Waals surface area contributed by atoms with Crippen LogP contribution in [0.4, 0.5) is 0 Å². The number of guanidine groups is 1. The van der Waals surface area contributed by atoms with E-state index in [4.69, 9.17) is 19.2 Å². The molecule has 1 aliphatic rings. The minimum atomic E-state index is 0.488. The molecule has 0 saturated carbocycles. The third-order valence-electron chi connectivity index (χ3n) is 5.39. The number of nitrogens with one attached hydrogen (secondary N) is 2. The van der Waals surface area contributed by atoms with Crippen molar-refractivity contribution < 1.29 is 14.2 Å². The molecule has 7 nitrogen and oxygen atoms in total. The van der Waals surface area contributed by atoms with Crippen LogP contribution in [-0.2, 0) is 6.54 Å². The van der Waals surface area contributed by atoms with Crippen LogP contribution in [-0.4, -0.2) is 64.4 Å². The van der Waals surface area contributed by atoms with Crippen LogP contribution < -0.4 is 24.8 Å². The van der Waals surface area contributed by atoms with Gasteiger partial charge in [-0.2, -0.15) is 0 Å².